The second-order valence-corrected chi connectivity index (χ2v) is 7.64. The monoisotopic (exact) mass is 388 g/mol. The van der Waals surface area contributed by atoms with Crippen LogP contribution in [0.2, 0.25) is 0 Å². The quantitative estimate of drug-likeness (QED) is 0.408. The predicted molar refractivity (Wildman–Crippen MR) is 113 cm³/mol. The third-order valence-corrected chi connectivity index (χ3v) is 5.75. The van der Waals surface area contributed by atoms with Gasteiger partial charge in [-0.3, -0.25) is 0 Å². The number of aliphatic hydroxyl groups is 1. The molecule has 1 N–H and O–H groups in total. The van der Waals surface area contributed by atoms with Crippen molar-refractivity contribution in [1.82, 2.24) is 4.57 Å². The first-order valence-corrected chi connectivity index (χ1v) is 9.96. The van der Waals surface area contributed by atoms with Crippen molar-refractivity contribution in [2.45, 2.75) is 5.60 Å². The van der Waals surface area contributed by atoms with E-state index in [1.807, 2.05) is 114 Å². The molecule has 4 aromatic rings. The number of aliphatic imine (C=N–C) groups is 1. The number of para-hydroxylation sites is 1. The molecular formula is C23H22N3OS+. The molecule has 0 fully saturated rings. The number of rotatable bonds is 5. The van der Waals surface area contributed by atoms with E-state index in [0.717, 1.165) is 22.0 Å². The number of thiophene rings is 1. The van der Waals surface area contributed by atoms with Gasteiger partial charge in [0.25, 0.3) is 0 Å². The third-order valence-electron chi connectivity index (χ3n) is 4.77. The topological polar surface area (TPSA) is 41.4 Å². The van der Waals surface area contributed by atoms with Crippen LogP contribution in [-0.2, 0) is 19.7 Å². The van der Waals surface area contributed by atoms with E-state index in [1.165, 1.54) is 11.3 Å². The standard InChI is InChI=1S/C23H22N3OS/c1-25-15-16-26(2)22(25)23(27,20-14-9-17-28-20)21(18-10-5-3-6-11-18)24-19-12-7-4-8-13-19/h3-17,27H,1-2H3/q+1. The Kier molecular flexibility index (Phi) is 4.94. The van der Waals surface area contributed by atoms with Crippen molar-refractivity contribution in [3.8, 4) is 0 Å². The zero-order valence-corrected chi connectivity index (χ0v) is 16.7. The fourth-order valence-corrected chi connectivity index (χ4v) is 4.32. The number of imidazole rings is 1. The lowest BCUT2D eigenvalue weighted by molar-refractivity contribution is -0.683. The van der Waals surface area contributed by atoms with Gasteiger partial charge in [-0.25, -0.2) is 14.1 Å². The fraction of sp³-hybridized carbons (Fsp3) is 0.130. The van der Waals surface area contributed by atoms with Crippen LogP contribution in [0.1, 0.15) is 16.3 Å². The van der Waals surface area contributed by atoms with Crippen LogP contribution in [0.4, 0.5) is 5.69 Å². The minimum Gasteiger partial charge on any atom is -0.368 e. The number of aromatic nitrogens is 2. The van der Waals surface area contributed by atoms with Gasteiger partial charge in [0.15, 0.2) is 0 Å². The summed E-state index contributed by atoms with van der Waals surface area (Å²) in [5, 5.41) is 14.3. The molecule has 140 valence electrons. The number of nitrogens with zero attached hydrogens (tertiary/aromatic N) is 3. The molecule has 4 nitrogen and oxygen atoms in total. The summed E-state index contributed by atoms with van der Waals surface area (Å²) in [4.78, 5) is 5.76. The Morgan fingerprint density at radius 3 is 2.25 bits per heavy atom. The minimum absolute atomic E-state index is 0.596. The molecule has 0 aliphatic heterocycles. The highest BCUT2D eigenvalue weighted by Crippen LogP contribution is 2.36. The van der Waals surface area contributed by atoms with Gasteiger partial charge in [0.05, 0.1) is 30.4 Å². The average Bonchev–Trinajstić information content (AvgIpc) is 3.38. The lowest BCUT2D eigenvalue weighted by atomic mass is 9.88. The minimum atomic E-state index is -1.40. The van der Waals surface area contributed by atoms with Gasteiger partial charge in [-0.1, -0.05) is 54.6 Å². The van der Waals surface area contributed by atoms with Crippen LogP contribution in [0.3, 0.4) is 0 Å². The molecule has 0 aliphatic carbocycles. The summed E-state index contributed by atoms with van der Waals surface area (Å²) in [7, 11) is 3.89. The van der Waals surface area contributed by atoms with Gasteiger partial charge >= 0.3 is 5.82 Å². The number of hydrogen-bond donors (Lipinski definition) is 1. The molecule has 0 saturated heterocycles. The fourth-order valence-electron chi connectivity index (χ4n) is 3.50. The maximum atomic E-state index is 12.3. The van der Waals surface area contributed by atoms with E-state index in [1.54, 1.807) is 0 Å². The molecular weight excluding hydrogens is 366 g/mol. The Balaban J connectivity index is 2.05. The largest absolute Gasteiger partial charge is 0.368 e. The van der Waals surface area contributed by atoms with Crippen LogP contribution in [-0.4, -0.2) is 15.4 Å². The summed E-state index contributed by atoms with van der Waals surface area (Å²) >= 11 is 1.52. The van der Waals surface area contributed by atoms with Crippen LogP contribution < -0.4 is 4.57 Å². The first-order valence-electron chi connectivity index (χ1n) is 9.08. The van der Waals surface area contributed by atoms with Crippen LogP contribution in [0.15, 0.2) is 95.6 Å². The number of benzene rings is 2. The molecule has 5 heteroatoms. The summed E-state index contributed by atoms with van der Waals surface area (Å²) < 4.78 is 3.90. The van der Waals surface area contributed by atoms with Gasteiger partial charge in [0.2, 0.25) is 5.60 Å². The van der Waals surface area contributed by atoms with Gasteiger partial charge in [0.1, 0.15) is 12.4 Å². The van der Waals surface area contributed by atoms with E-state index in [2.05, 4.69) is 0 Å². The first-order chi connectivity index (χ1) is 13.6. The molecule has 2 aromatic carbocycles. The predicted octanol–water partition coefficient (Wildman–Crippen LogP) is 3.97. The van der Waals surface area contributed by atoms with Gasteiger partial charge in [0, 0.05) is 5.56 Å². The van der Waals surface area contributed by atoms with Crippen LogP contribution in [0.5, 0.6) is 0 Å². The van der Waals surface area contributed by atoms with E-state index >= 15 is 0 Å². The highest BCUT2D eigenvalue weighted by atomic mass is 32.1. The van der Waals surface area contributed by atoms with Crippen molar-refractivity contribution >= 4 is 22.7 Å². The first kappa shape index (κ1) is 18.3. The molecule has 0 bridgehead atoms. The summed E-state index contributed by atoms with van der Waals surface area (Å²) in [6, 6.07) is 23.6. The molecule has 0 amide bonds. The molecule has 1 unspecified atom stereocenters. The van der Waals surface area contributed by atoms with E-state index in [4.69, 9.17) is 4.99 Å². The Morgan fingerprint density at radius 1 is 1.00 bits per heavy atom. The molecule has 4 rings (SSSR count). The van der Waals surface area contributed by atoms with Crippen LogP contribution in [0.25, 0.3) is 0 Å². The smallest absolute Gasteiger partial charge is 0.300 e. The molecule has 2 heterocycles. The molecule has 1 atom stereocenters. The zero-order valence-electron chi connectivity index (χ0n) is 15.9. The molecule has 2 aromatic heterocycles. The van der Waals surface area contributed by atoms with Gasteiger partial charge < -0.3 is 5.11 Å². The summed E-state index contributed by atoms with van der Waals surface area (Å²) in [5.41, 5.74) is 0.869. The van der Waals surface area contributed by atoms with Crippen LogP contribution in [0, 0.1) is 0 Å². The number of aryl methyl sites for hydroxylation is 2. The molecule has 28 heavy (non-hydrogen) atoms. The van der Waals surface area contributed by atoms with Gasteiger partial charge in [-0.15, -0.1) is 11.3 Å². The maximum absolute atomic E-state index is 12.3. The Hall–Kier alpha value is -3.02. The van der Waals surface area contributed by atoms with Crippen molar-refractivity contribution in [2.24, 2.45) is 19.1 Å². The highest BCUT2D eigenvalue weighted by Gasteiger charge is 2.48. The molecule has 0 aliphatic rings. The van der Waals surface area contributed by atoms with Gasteiger partial charge in [-0.2, -0.15) is 0 Å². The summed E-state index contributed by atoms with van der Waals surface area (Å²) in [5.74, 6) is 0.744. The maximum Gasteiger partial charge on any atom is 0.300 e. The van der Waals surface area contributed by atoms with Crippen molar-refractivity contribution in [3.05, 3.63) is 107 Å². The van der Waals surface area contributed by atoms with Crippen molar-refractivity contribution in [3.63, 3.8) is 0 Å². The Morgan fingerprint density at radius 2 is 1.68 bits per heavy atom. The second kappa shape index (κ2) is 7.54. The van der Waals surface area contributed by atoms with E-state index < -0.39 is 5.60 Å². The van der Waals surface area contributed by atoms with Crippen LogP contribution >= 0.6 is 11.3 Å². The van der Waals surface area contributed by atoms with Crippen molar-refractivity contribution in [1.29, 1.82) is 0 Å². The van der Waals surface area contributed by atoms with Crippen molar-refractivity contribution in [2.75, 3.05) is 0 Å². The highest BCUT2D eigenvalue weighted by molar-refractivity contribution is 7.10. The van der Waals surface area contributed by atoms with E-state index in [-0.39, 0.29) is 0 Å². The van der Waals surface area contributed by atoms with E-state index in [9.17, 15) is 5.11 Å². The summed E-state index contributed by atoms with van der Waals surface area (Å²) in [6.45, 7) is 0. The second-order valence-electron chi connectivity index (χ2n) is 6.69. The lowest BCUT2D eigenvalue weighted by Gasteiger charge is -2.26. The normalized spacial score (nSPS) is 14.0. The SMILES string of the molecule is Cn1cc[n+](C)c1C(O)(C(=Nc1ccccc1)c1ccccc1)c1cccs1. The third kappa shape index (κ3) is 3.19. The molecule has 0 radical (unpaired) electrons. The van der Waals surface area contributed by atoms with Crippen molar-refractivity contribution < 1.29 is 9.67 Å². The average molecular weight is 389 g/mol. The van der Waals surface area contributed by atoms with Gasteiger partial charge in [-0.05, 0) is 23.6 Å². The zero-order chi connectivity index (χ0) is 19.6. The van der Waals surface area contributed by atoms with E-state index in [0.29, 0.717) is 5.71 Å². The molecule has 0 saturated carbocycles. The number of hydrogen-bond acceptors (Lipinski definition) is 3. The summed E-state index contributed by atoms with van der Waals surface area (Å²) in [6.07, 6.45) is 3.89. The molecule has 0 spiro atoms. The Labute approximate surface area is 168 Å². The Bertz CT molecular complexity index is 1070. The lowest BCUT2D eigenvalue weighted by Crippen LogP contribution is -2.48.